The van der Waals surface area contributed by atoms with Gasteiger partial charge in [0.15, 0.2) is 17.9 Å². The number of ether oxygens (including phenoxy) is 2. The van der Waals surface area contributed by atoms with E-state index in [-0.39, 0.29) is 17.1 Å². The van der Waals surface area contributed by atoms with Crippen molar-refractivity contribution in [2.24, 2.45) is 0 Å². The van der Waals surface area contributed by atoms with Crippen LogP contribution in [0.15, 0.2) is 11.0 Å². The van der Waals surface area contributed by atoms with Crippen LogP contribution in [0, 0.1) is 5.82 Å². The van der Waals surface area contributed by atoms with Crippen molar-refractivity contribution in [2.45, 2.75) is 44.3 Å². The summed E-state index contributed by atoms with van der Waals surface area (Å²) in [5.41, 5.74) is -0.956. The fourth-order valence-corrected chi connectivity index (χ4v) is 3.22. The third-order valence-electron chi connectivity index (χ3n) is 4.00. The second kappa shape index (κ2) is 9.40. The average molecular weight is 405 g/mol. The van der Waals surface area contributed by atoms with E-state index in [0.29, 0.717) is 6.42 Å². The maximum atomic E-state index is 14.2. The van der Waals surface area contributed by atoms with Crippen LogP contribution in [0.4, 0.5) is 15.0 Å². The molecule has 0 spiro atoms. The Morgan fingerprint density at radius 2 is 2.19 bits per heavy atom. The summed E-state index contributed by atoms with van der Waals surface area (Å²) in [6, 6.07) is 0. The molecule has 27 heavy (non-hydrogen) atoms. The molecular weight excluding hydrogens is 381 g/mol. The number of aliphatic hydroxyl groups is 2. The highest BCUT2D eigenvalue weighted by Crippen LogP contribution is 2.28. The van der Waals surface area contributed by atoms with E-state index in [1.807, 2.05) is 6.26 Å². The number of anilines is 1. The molecule has 5 atom stereocenters. The SMILES string of the molecule is C=S(C)CCCCOC(=O)Nc1nc(=O)n(C2OC(C)C(O)C2O)cc1F. The van der Waals surface area contributed by atoms with Gasteiger partial charge in [0.1, 0.15) is 12.2 Å². The van der Waals surface area contributed by atoms with Crippen LogP contribution in [0.2, 0.25) is 0 Å². The lowest BCUT2D eigenvalue weighted by atomic mass is 10.1. The monoisotopic (exact) mass is 405 g/mol. The summed E-state index contributed by atoms with van der Waals surface area (Å²) in [6.45, 7) is 1.66. The van der Waals surface area contributed by atoms with E-state index in [0.717, 1.165) is 22.9 Å². The summed E-state index contributed by atoms with van der Waals surface area (Å²) in [5.74, 6) is 3.22. The smallest absolute Gasteiger partial charge is 0.412 e. The number of nitrogens with zero attached hydrogens (tertiary/aromatic N) is 2. The minimum atomic E-state index is -1.41. The Kier molecular flexibility index (Phi) is 7.48. The zero-order valence-corrected chi connectivity index (χ0v) is 15.9. The van der Waals surface area contributed by atoms with Crippen molar-refractivity contribution in [3.63, 3.8) is 0 Å². The molecule has 152 valence electrons. The van der Waals surface area contributed by atoms with Crippen molar-refractivity contribution in [1.29, 1.82) is 0 Å². The molecule has 9 nitrogen and oxygen atoms in total. The molecule has 0 saturated carbocycles. The van der Waals surface area contributed by atoms with Crippen LogP contribution < -0.4 is 11.0 Å². The van der Waals surface area contributed by atoms with Crippen LogP contribution >= 0.6 is 10.5 Å². The molecular formula is C16H24FN3O6S. The molecule has 2 rings (SSSR count). The Labute approximate surface area is 158 Å². The van der Waals surface area contributed by atoms with Crippen molar-refractivity contribution in [1.82, 2.24) is 9.55 Å². The molecule has 1 aromatic rings. The van der Waals surface area contributed by atoms with E-state index in [1.165, 1.54) is 6.92 Å². The molecule has 2 heterocycles. The quantitative estimate of drug-likeness (QED) is 0.450. The summed E-state index contributed by atoms with van der Waals surface area (Å²) in [7, 11) is 0.0758. The predicted octanol–water partition coefficient (Wildman–Crippen LogP) is 0.681. The van der Waals surface area contributed by atoms with Crippen molar-refractivity contribution < 1.29 is 28.9 Å². The van der Waals surface area contributed by atoms with Crippen LogP contribution in [0.25, 0.3) is 0 Å². The van der Waals surface area contributed by atoms with E-state index in [4.69, 9.17) is 9.47 Å². The molecule has 0 aliphatic carbocycles. The van der Waals surface area contributed by atoms with Crippen LogP contribution in [0.5, 0.6) is 0 Å². The van der Waals surface area contributed by atoms with Gasteiger partial charge in [-0.15, -0.1) is 0 Å². The lowest BCUT2D eigenvalue weighted by Gasteiger charge is -2.17. The number of carbonyl (C=O) groups excluding carboxylic acids is 1. The minimum Gasteiger partial charge on any atom is -0.449 e. The lowest BCUT2D eigenvalue weighted by molar-refractivity contribution is -0.0355. The maximum absolute atomic E-state index is 14.2. The first-order valence-electron chi connectivity index (χ1n) is 8.37. The van der Waals surface area contributed by atoms with Crippen molar-refractivity contribution in [3.8, 4) is 0 Å². The standard InChI is InChI=1S/C16H24FN3O6S/c1-9-11(21)12(22)14(26-9)20-8-10(17)13(18-15(20)23)19-16(24)25-6-4-5-7-27(2)3/h8-9,11-12,14,21-22H,2,4-7H2,1,3H3,(H,18,19,23,24). The van der Waals surface area contributed by atoms with E-state index in [1.54, 1.807) is 0 Å². The molecule has 11 heteroatoms. The number of unbranched alkanes of at least 4 members (excludes halogenated alkanes) is 1. The van der Waals surface area contributed by atoms with Gasteiger partial charge in [0.05, 0.1) is 18.9 Å². The van der Waals surface area contributed by atoms with Crippen LogP contribution in [-0.4, -0.2) is 68.7 Å². The number of halogens is 1. The molecule has 1 aliphatic rings. The van der Waals surface area contributed by atoms with Crippen molar-refractivity contribution >= 4 is 28.3 Å². The Morgan fingerprint density at radius 1 is 1.48 bits per heavy atom. The summed E-state index contributed by atoms with van der Waals surface area (Å²) < 4.78 is 25.1. The first kappa shape index (κ1) is 21.5. The van der Waals surface area contributed by atoms with Crippen molar-refractivity contribution in [3.05, 3.63) is 22.5 Å². The Hall–Kier alpha value is -1.82. The third kappa shape index (κ3) is 5.58. The molecule has 1 amide bonds. The number of carbonyl (C=O) groups is 1. The number of nitrogens with one attached hydrogen (secondary N) is 1. The van der Waals surface area contributed by atoms with Crippen LogP contribution in [0.1, 0.15) is 26.0 Å². The van der Waals surface area contributed by atoms with E-state index in [9.17, 15) is 24.2 Å². The molecule has 3 N–H and O–H groups in total. The molecule has 0 aromatic carbocycles. The van der Waals surface area contributed by atoms with Gasteiger partial charge in [-0.05, 0) is 31.8 Å². The predicted molar refractivity (Wildman–Crippen MR) is 99.8 cm³/mol. The van der Waals surface area contributed by atoms with E-state index in [2.05, 4.69) is 16.2 Å². The Morgan fingerprint density at radius 3 is 2.78 bits per heavy atom. The van der Waals surface area contributed by atoms with Gasteiger partial charge in [0.2, 0.25) is 0 Å². The zero-order chi connectivity index (χ0) is 20.1. The average Bonchev–Trinajstić information content (AvgIpc) is 2.84. The Bertz CT molecular complexity index is 758. The fraction of sp³-hybridized carbons (Fsp3) is 0.625. The van der Waals surface area contributed by atoms with Gasteiger partial charge in [-0.1, -0.05) is 5.87 Å². The molecule has 1 fully saturated rings. The van der Waals surface area contributed by atoms with Gasteiger partial charge in [-0.3, -0.25) is 9.88 Å². The molecule has 1 aliphatic heterocycles. The highest BCUT2D eigenvalue weighted by molar-refractivity contribution is 8.13. The first-order chi connectivity index (χ1) is 12.7. The van der Waals surface area contributed by atoms with Crippen molar-refractivity contribution in [2.75, 3.05) is 23.9 Å². The lowest BCUT2D eigenvalue weighted by Crippen LogP contribution is -2.36. The third-order valence-corrected chi connectivity index (χ3v) is 4.98. The summed E-state index contributed by atoms with van der Waals surface area (Å²) in [4.78, 5) is 27.2. The normalized spacial score (nSPS) is 26.0. The fourth-order valence-electron chi connectivity index (χ4n) is 2.52. The van der Waals surface area contributed by atoms with E-state index >= 15 is 0 Å². The molecule has 1 aromatic heterocycles. The zero-order valence-electron chi connectivity index (χ0n) is 15.1. The molecule has 5 unspecified atom stereocenters. The topological polar surface area (TPSA) is 123 Å². The Balaban J connectivity index is 1.97. The number of hydrogen-bond donors (Lipinski definition) is 3. The van der Waals surface area contributed by atoms with Gasteiger partial charge in [-0.2, -0.15) is 15.5 Å². The highest BCUT2D eigenvalue weighted by Gasteiger charge is 2.42. The van der Waals surface area contributed by atoms with Gasteiger partial charge < -0.3 is 19.7 Å². The van der Waals surface area contributed by atoms with Crippen LogP contribution in [0.3, 0.4) is 0 Å². The molecule has 1 saturated heterocycles. The molecule has 0 bridgehead atoms. The summed E-state index contributed by atoms with van der Waals surface area (Å²) in [5, 5.41) is 21.7. The largest absolute Gasteiger partial charge is 0.449 e. The van der Waals surface area contributed by atoms with E-state index < -0.39 is 48.0 Å². The first-order valence-corrected chi connectivity index (χ1v) is 10.3. The second-order valence-electron chi connectivity index (χ2n) is 6.29. The van der Waals surface area contributed by atoms with Crippen LogP contribution in [-0.2, 0) is 9.47 Å². The van der Waals surface area contributed by atoms with Gasteiger partial charge >= 0.3 is 11.8 Å². The highest BCUT2D eigenvalue weighted by atomic mass is 32.2. The summed E-state index contributed by atoms with van der Waals surface area (Å²) in [6.07, 6.45) is -1.30. The number of hydrogen-bond acceptors (Lipinski definition) is 7. The maximum Gasteiger partial charge on any atom is 0.412 e. The number of rotatable bonds is 7. The van der Waals surface area contributed by atoms with Gasteiger partial charge in [0, 0.05) is 0 Å². The number of aliphatic hydroxyl groups excluding tert-OH is 2. The summed E-state index contributed by atoms with van der Waals surface area (Å²) >= 11 is 0. The number of amides is 1. The second-order valence-corrected chi connectivity index (χ2v) is 8.27. The number of aromatic nitrogens is 2. The van der Waals surface area contributed by atoms with Gasteiger partial charge in [-0.25, -0.2) is 14.0 Å². The molecule has 0 radical (unpaired) electrons. The minimum absolute atomic E-state index is 0.0758. The van der Waals surface area contributed by atoms with Gasteiger partial charge in [0.25, 0.3) is 0 Å².